The standard InChI is InChI=1S/C31H47NO8/c1-7-8-24(34)16-25-17-31(18-37-31)30(36)28(40-25)13-10-19(2)9-12-27-20(3)15-26(22(5)39-27)32-29(35)14-11-21(4)38-23(6)33/h9-11,13-14,20-22,25-28,30,36H,7-8,12,15-18H2,1-6H3,(H,32,35)/b13-10+,14-11-,19-9+/t20-,21-,22+,25+,26+,27-,28+,30+,31+/m0/s1. The summed E-state index contributed by atoms with van der Waals surface area (Å²) in [6, 6.07) is -0.114. The Morgan fingerprint density at radius 2 is 1.90 bits per heavy atom. The fourth-order valence-corrected chi connectivity index (χ4v) is 5.52. The average Bonchev–Trinajstić information content (AvgIpc) is 3.64. The molecule has 0 aromatic rings. The number of Topliss-reactive ketones (excluding diaryl/α,β-unsaturated/α-hetero) is 1. The van der Waals surface area contributed by atoms with E-state index in [9.17, 15) is 19.5 Å². The third-order valence-corrected chi connectivity index (χ3v) is 7.91. The zero-order valence-corrected chi connectivity index (χ0v) is 24.8. The SMILES string of the molecule is CCCC(=O)C[C@@H]1C[C@@]2(CO2)[C@H](O)[C@@H](/C=C/C(C)=C/C[C@@H]2O[C@H](C)[C@H](NC(=O)/C=C\[C@H](C)OC(C)=O)C[C@@H]2C)O1. The van der Waals surface area contributed by atoms with Crippen molar-refractivity contribution in [3.8, 4) is 0 Å². The molecular formula is C31H47NO8. The van der Waals surface area contributed by atoms with Gasteiger partial charge in [0.1, 0.15) is 29.7 Å². The van der Waals surface area contributed by atoms with Gasteiger partial charge in [0.25, 0.3) is 0 Å². The number of allylic oxidation sites excluding steroid dienone is 2. The number of carbonyl (C=O) groups is 3. The van der Waals surface area contributed by atoms with Gasteiger partial charge in [0.05, 0.1) is 31.0 Å². The van der Waals surface area contributed by atoms with Crippen LogP contribution < -0.4 is 5.32 Å². The van der Waals surface area contributed by atoms with Crippen molar-refractivity contribution in [1.29, 1.82) is 0 Å². The highest BCUT2D eigenvalue weighted by Gasteiger charge is 2.58. The Bertz CT molecular complexity index is 984. The summed E-state index contributed by atoms with van der Waals surface area (Å²) >= 11 is 0. The van der Waals surface area contributed by atoms with Crippen molar-refractivity contribution in [1.82, 2.24) is 5.32 Å². The number of hydrogen-bond donors (Lipinski definition) is 2. The van der Waals surface area contributed by atoms with Crippen LogP contribution in [0.1, 0.15) is 80.1 Å². The van der Waals surface area contributed by atoms with Crippen molar-refractivity contribution in [3.63, 3.8) is 0 Å². The molecule has 0 saturated carbocycles. The number of aliphatic hydroxyl groups is 1. The first kappa shape index (κ1) is 32.2. The number of nitrogens with one attached hydrogen (secondary N) is 1. The van der Waals surface area contributed by atoms with Crippen LogP contribution in [0.15, 0.2) is 36.0 Å². The van der Waals surface area contributed by atoms with Gasteiger partial charge in [-0.1, -0.05) is 37.6 Å². The van der Waals surface area contributed by atoms with Crippen molar-refractivity contribution >= 4 is 17.7 Å². The maximum Gasteiger partial charge on any atom is 0.303 e. The largest absolute Gasteiger partial charge is 0.459 e. The molecule has 2 N–H and O–H groups in total. The van der Waals surface area contributed by atoms with E-state index in [1.54, 1.807) is 13.0 Å². The molecule has 3 heterocycles. The van der Waals surface area contributed by atoms with Gasteiger partial charge in [-0.2, -0.15) is 0 Å². The minimum Gasteiger partial charge on any atom is -0.459 e. The fourth-order valence-electron chi connectivity index (χ4n) is 5.52. The predicted molar refractivity (Wildman–Crippen MR) is 150 cm³/mol. The molecular weight excluding hydrogens is 514 g/mol. The second-order valence-electron chi connectivity index (χ2n) is 11.6. The van der Waals surface area contributed by atoms with Gasteiger partial charge in [0.2, 0.25) is 5.91 Å². The molecule has 3 saturated heterocycles. The Kier molecular flexibility index (Phi) is 11.7. The third kappa shape index (κ3) is 9.36. The van der Waals surface area contributed by atoms with Crippen molar-refractivity contribution in [2.24, 2.45) is 5.92 Å². The first-order chi connectivity index (χ1) is 18.9. The molecule has 9 atom stereocenters. The summed E-state index contributed by atoms with van der Waals surface area (Å²) in [7, 11) is 0. The summed E-state index contributed by atoms with van der Waals surface area (Å²) in [5.41, 5.74) is 0.433. The van der Waals surface area contributed by atoms with Crippen LogP contribution in [-0.2, 0) is 33.3 Å². The second-order valence-corrected chi connectivity index (χ2v) is 11.6. The molecule has 9 nitrogen and oxygen atoms in total. The second kappa shape index (κ2) is 14.5. The van der Waals surface area contributed by atoms with Gasteiger partial charge in [-0.05, 0) is 52.0 Å². The summed E-state index contributed by atoms with van der Waals surface area (Å²) < 4.78 is 23.0. The van der Waals surface area contributed by atoms with E-state index in [0.29, 0.717) is 25.9 Å². The molecule has 0 bridgehead atoms. The molecule has 0 aromatic carbocycles. The summed E-state index contributed by atoms with van der Waals surface area (Å²) in [6.07, 6.45) is 10.5. The van der Waals surface area contributed by atoms with E-state index in [1.165, 1.54) is 13.0 Å². The molecule has 1 spiro atoms. The Hall–Kier alpha value is -2.33. The van der Waals surface area contributed by atoms with Gasteiger partial charge in [-0.25, -0.2) is 0 Å². The van der Waals surface area contributed by atoms with Crippen molar-refractivity contribution in [3.05, 3.63) is 36.0 Å². The minimum atomic E-state index is -0.761. The number of carbonyl (C=O) groups excluding carboxylic acids is 3. The number of hydrogen-bond acceptors (Lipinski definition) is 8. The van der Waals surface area contributed by atoms with Crippen LogP contribution in [0.5, 0.6) is 0 Å². The highest BCUT2D eigenvalue weighted by Crippen LogP contribution is 2.43. The van der Waals surface area contributed by atoms with E-state index < -0.39 is 29.9 Å². The number of ether oxygens (including phenoxy) is 4. The first-order valence-corrected chi connectivity index (χ1v) is 14.6. The van der Waals surface area contributed by atoms with E-state index in [0.717, 1.165) is 24.8 Å². The van der Waals surface area contributed by atoms with Gasteiger partial charge in [0.15, 0.2) is 0 Å². The first-order valence-electron chi connectivity index (χ1n) is 14.6. The smallest absolute Gasteiger partial charge is 0.303 e. The fraction of sp³-hybridized carbons (Fsp3) is 0.710. The maximum atomic E-state index is 12.4. The third-order valence-electron chi connectivity index (χ3n) is 7.91. The lowest BCUT2D eigenvalue weighted by Crippen LogP contribution is -2.50. The molecule has 0 aliphatic carbocycles. The highest BCUT2D eigenvalue weighted by atomic mass is 16.6. The quantitative estimate of drug-likeness (QED) is 0.160. The minimum absolute atomic E-state index is 0.0136. The molecule has 3 rings (SSSR count). The van der Waals surface area contributed by atoms with Gasteiger partial charge in [-0.3, -0.25) is 14.4 Å². The van der Waals surface area contributed by atoms with E-state index in [1.807, 2.05) is 32.9 Å². The van der Waals surface area contributed by atoms with E-state index in [-0.39, 0.29) is 42.0 Å². The normalized spacial score (nSPS) is 35.2. The molecule has 9 heteroatoms. The number of amides is 1. The Morgan fingerprint density at radius 1 is 1.18 bits per heavy atom. The molecule has 3 aliphatic rings. The Labute approximate surface area is 238 Å². The predicted octanol–water partition coefficient (Wildman–Crippen LogP) is 3.73. The lowest BCUT2D eigenvalue weighted by atomic mass is 9.86. The van der Waals surface area contributed by atoms with Crippen LogP contribution in [-0.4, -0.2) is 77.6 Å². The Balaban J connectivity index is 1.50. The van der Waals surface area contributed by atoms with Gasteiger partial charge in [0, 0.05) is 32.3 Å². The molecule has 3 fully saturated rings. The van der Waals surface area contributed by atoms with Crippen LogP contribution >= 0.6 is 0 Å². The number of aliphatic hydroxyl groups excluding tert-OH is 1. The van der Waals surface area contributed by atoms with Crippen LogP contribution in [0.25, 0.3) is 0 Å². The molecule has 40 heavy (non-hydrogen) atoms. The molecule has 1 amide bonds. The lowest BCUT2D eigenvalue weighted by molar-refractivity contribution is -0.144. The number of ketones is 1. The molecule has 0 radical (unpaired) electrons. The molecule has 0 aromatic heterocycles. The number of epoxide rings is 1. The van der Waals surface area contributed by atoms with Gasteiger partial charge < -0.3 is 29.4 Å². The van der Waals surface area contributed by atoms with E-state index in [2.05, 4.69) is 18.3 Å². The highest BCUT2D eigenvalue weighted by molar-refractivity contribution is 5.87. The summed E-state index contributed by atoms with van der Waals surface area (Å²) in [5, 5.41) is 13.8. The van der Waals surface area contributed by atoms with Gasteiger partial charge in [-0.15, -0.1) is 0 Å². The Morgan fingerprint density at radius 3 is 2.55 bits per heavy atom. The molecule has 0 unspecified atom stereocenters. The summed E-state index contributed by atoms with van der Waals surface area (Å²) in [5.74, 6) is -0.220. The summed E-state index contributed by atoms with van der Waals surface area (Å²) in [6.45, 7) is 11.6. The van der Waals surface area contributed by atoms with Crippen LogP contribution in [0.2, 0.25) is 0 Å². The zero-order valence-electron chi connectivity index (χ0n) is 24.8. The monoisotopic (exact) mass is 561 g/mol. The van der Waals surface area contributed by atoms with Crippen molar-refractivity contribution in [2.45, 2.75) is 128 Å². The topological polar surface area (TPSA) is 124 Å². The molecule has 224 valence electrons. The molecule has 3 aliphatic heterocycles. The van der Waals surface area contributed by atoms with Crippen molar-refractivity contribution < 1.29 is 38.4 Å². The van der Waals surface area contributed by atoms with Crippen molar-refractivity contribution in [2.75, 3.05) is 6.61 Å². The van der Waals surface area contributed by atoms with Crippen LogP contribution in [0, 0.1) is 5.92 Å². The lowest BCUT2D eigenvalue weighted by Gasteiger charge is -2.39. The average molecular weight is 562 g/mol. The number of esters is 1. The zero-order chi connectivity index (χ0) is 29.4. The van der Waals surface area contributed by atoms with Crippen LogP contribution in [0.4, 0.5) is 0 Å². The van der Waals surface area contributed by atoms with E-state index >= 15 is 0 Å². The summed E-state index contributed by atoms with van der Waals surface area (Å²) in [4.78, 5) is 35.6. The number of rotatable bonds is 12. The van der Waals surface area contributed by atoms with Crippen LogP contribution in [0.3, 0.4) is 0 Å². The van der Waals surface area contributed by atoms with E-state index in [4.69, 9.17) is 18.9 Å². The van der Waals surface area contributed by atoms with Gasteiger partial charge >= 0.3 is 5.97 Å². The maximum absolute atomic E-state index is 12.4.